The Morgan fingerprint density at radius 1 is 1.15 bits per heavy atom. The predicted octanol–water partition coefficient (Wildman–Crippen LogP) is 4.62. The van der Waals surface area contributed by atoms with Crippen LogP contribution in [0, 0.1) is 18.6 Å². The van der Waals surface area contributed by atoms with Gasteiger partial charge in [0.25, 0.3) is 5.91 Å². The van der Waals surface area contributed by atoms with Crippen LogP contribution in [0.5, 0.6) is 5.75 Å². The van der Waals surface area contributed by atoms with Gasteiger partial charge in [-0.2, -0.15) is 0 Å². The summed E-state index contributed by atoms with van der Waals surface area (Å²) in [6.45, 7) is 2.70. The maximum atomic E-state index is 15.0. The molecule has 0 aliphatic rings. The highest BCUT2D eigenvalue weighted by Crippen LogP contribution is 2.38. The molecule has 0 spiro atoms. The largest absolute Gasteiger partial charge is 0.503 e. The topological polar surface area (TPSA) is 109 Å². The number of aromatic hydroxyl groups is 1. The summed E-state index contributed by atoms with van der Waals surface area (Å²) in [5, 5.41) is 21.0. The molecule has 0 saturated heterocycles. The average Bonchev–Trinajstić information content (AvgIpc) is 3.04. The molecule has 1 unspecified atom stereocenters. The predicted molar refractivity (Wildman–Crippen MR) is 118 cm³/mol. The van der Waals surface area contributed by atoms with Crippen LogP contribution in [-0.2, 0) is 9.59 Å². The van der Waals surface area contributed by atoms with E-state index in [-0.39, 0.29) is 50.7 Å². The molecule has 174 valence electrons. The molecule has 1 heterocycles. The van der Waals surface area contributed by atoms with Crippen LogP contribution in [0.4, 0.5) is 8.78 Å². The molecule has 3 N–H and O–H groups in total. The third kappa shape index (κ3) is 4.51. The van der Waals surface area contributed by atoms with Gasteiger partial charge in [-0.3, -0.25) is 19.0 Å². The number of carboxylic acids is 1. The monoisotopic (exact) mass is 498 g/mol. The lowest BCUT2D eigenvalue weighted by molar-refractivity contribution is -0.136. The van der Waals surface area contributed by atoms with E-state index in [4.69, 9.17) is 28.3 Å². The van der Waals surface area contributed by atoms with Gasteiger partial charge < -0.3 is 15.5 Å². The summed E-state index contributed by atoms with van der Waals surface area (Å²) in [6.07, 6.45) is -0.324. The molecule has 0 radical (unpaired) electrons. The van der Waals surface area contributed by atoms with Crippen LogP contribution in [0.1, 0.15) is 40.9 Å². The Morgan fingerprint density at radius 2 is 1.82 bits per heavy atom. The van der Waals surface area contributed by atoms with Crippen molar-refractivity contribution in [3.05, 3.63) is 62.8 Å². The molecule has 3 aromatic rings. The van der Waals surface area contributed by atoms with Gasteiger partial charge in [-0.25, -0.2) is 8.78 Å². The lowest BCUT2D eigenvalue weighted by Crippen LogP contribution is -2.30. The van der Waals surface area contributed by atoms with Gasteiger partial charge in [-0.15, -0.1) is 0 Å². The number of benzene rings is 2. The van der Waals surface area contributed by atoms with Crippen molar-refractivity contribution in [2.75, 3.05) is 6.54 Å². The number of aromatic nitrogens is 1. The molecule has 0 bridgehead atoms. The Labute approximate surface area is 196 Å². The van der Waals surface area contributed by atoms with Gasteiger partial charge in [-0.1, -0.05) is 23.2 Å². The number of aliphatic carboxylic acids is 1. The van der Waals surface area contributed by atoms with E-state index in [0.717, 1.165) is 10.6 Å². The smallest absolute Gasteiger partial charge is 0.305 e. The SMILES string of the molecule is Cc1c(C(C)C(=O)NCCC(=O)O)c2c(F)c(O)c(F)cc2n1C(=O)c1ccc(Cl)c(Cl)c1. The number of nitrogens with zero attached hydrogens (tertiary/aromatic N) is 1. The number of carbonyl (C=O) groups is 3. The van der Waals surface area contributed by atoms with E-state index in [0.29, 0.717) is 0 Å². The van der Waals surface area contributed by atoms with Crippen LogP contribution in [-0.4, -0.2) is 39.1 Å². The van der Waals surface area contributed by atoms with Crippen molar-refractivity contribution in [3.63, 3.8) is 0 Å². The zero-order chi connectivity index (χ0) is 24.6. The maximum Gasteiger partial charge on any atom is 0.305 e. The molecule has 33 heavy (non-hydrogen) atoms. The Balaban J connectivity index is 2.20. The number of amides is 1. The fourth-order valence-electron chi connectivity index (χ4n) is 3.64. The van der Waals surface area contributed by atoms with E-state index in [1.165, 1.54) is 32.0 Å². The molecule has 0 aliphatic carbocycles. The normalized spacial score (nSPS) is 12.1. The van der Waals surface area contributed by atoms with Gasteiger partial charge in [0, 0.05) is 29.3 Å². The van der Waals surface area contributed by atoms with E-state index >= 15 is 4.39 Å². The number of halogens is 4. The van der Waals surface area contributed by atoms with E-state index in [1.807, 2.05) is 0 Å². The minimum atomic E-state index is -1.33. The molecule has 1 atom stereocenters. The second kappa shape index (κ2) is 9.36. The van der Waals surface area contributed by atoms with Crippen molar-refractivity contribution in [2.45, 2.75) is 26.2 Å². The number of rotatable bonds is 6. The number of hydrogen-bond donors (Lipinski definition) is 3. The van der Waals surface area contributed by atoms with Crippen molar-refractivity contribution in [1.82, 2.24) is 9.88 Å². The number of nitrogens with one attached hydrogen (secondary N) is 1. The van der Waals surface area contributed by atoms with E-state index < -0.39 is 41.1 Å². The van der Waals surface area contributed by atoms with Crippen LogP contribution >= 0.6 is 23.2 Å². The molecule has 1 amide bonds. The third-order valence-electron chi connectivity index (χ3n) is 5.24. The summed E-state index contributed by atoms with van der Waals surface area (Å²) < 4.78 is 30.3. The molecule has 7 nitrogen and oxygen atoms in total. The summed E-state index contributed by atoms with van der Waals surface area (Å²) in [4.78, 5) is 36.6. The minimum absolute atomic E-state index is 0.0408. The zero-order valence-electron chi connectivity index (χ0n) is 17.4. The Morgan fingerprint density at radius 3 is 2.42 bits per heavy atom. The van der Waals surface area contributed by atoms with Crippen molar-refractivity contribution in [2.24, 2.45) is 0 Å². The quantitative estimate of drug-likeness (QED) is 0.459. The van der Waals surface area contributed by atoms with Crippen molar-refractivity contribution >= 4 is 51.9 Å². The second-order valence-corrected chi connectivity index (χ2v) is 8.15. The number of carbonyl (C=O) groups excluding carboxylic acids is 2. The molecule has 0 saturated carbocycles. The highest BCUT2D eigenvalue weighted by molar-refractivity contribution is 6.42. The second-order valence-electron chi connectivity index (χ2n) is 7.34. The molecule has 3 rings (SSSR count). The van der Waals surface area contributed by atoms with Crippen molar-refractivity contribution in [3.8, 4) is 5.75 Å². The number of fused-ring (bicyclic) bond motifs is 1. The first-order chi connectivity index (χ1) is 15.5. The van der Waals surface area contributed by atoms with E-state index in [1.54, 1.807) is 0 Å². The van der Waals surface area contributed by atoms with Gasteiger partial charge >= 0.3 is 5.97 Å². The Kier molecular flexibility index (Phi) is 6.94. The molecule has 11 heteroatoms. The highest BCUT2D eigenvalue weighted by Gasteiger charge is 2.30. The summed E-state index contributed by atoms with van der Waals surface area (Å²) in [5.41, 5.74) is 0.0462. The number of hydrogen-bond acceptors (Lipinski definition) is 4. The maximum absolute atomic E-state index is 15.0. The summed E-state index contributed by atoms with van der Waals surface area (Å²) >= 11 is 11.9. The van der Waals surface area contributed by atoms with E-state index in [2.05, 4.69) is 5.32 Å². The minimum Gasteiger partial charge on any atom is -0.503 e. The molecule has 2 aromatic carbocycles. The lowest BCUT2D eigenvalue weighted by atomic mass is 9.96. The van der Waals surface area contributed by atoms with Crippen LogP contribution in [0.25, 0.3) is 10.9 Å². The Hall–Kier alpha value is -3.17. The van der Waals surface area contributed by atoms with Gasteiger partial charge in [0.1, 0.15) is 0 Å². The third-order valence-corrected chi connectivity index (χ3v) is 5.98. The fourth-order valence-corrected chi connectivity index (χ4v) is 3.94. The molecule has 0 aliphatic heterocycles. The number of carboxylic acid groups (broad SMARTS) is 1. The average molecular weight is 499 g/mol. The van der Waals surface area contributed by atoms with Gasteiger partial charge in [0.05, 0.1) is 27.9 Å². The summed E-state index contributed by atoms with van der Waals surface area (Å²) in [5.74, 6) is -7.37. The van der Waals surface area contributed by atoms with E-state index in [9.17, 15) is 23.9 Å². The van der Waals surface area contributed by atoms with Crippen LogP contribution in [0.3, 0.4) is 0 Å². The zero-order valence-corrected chi connectivity index (χ0v) is 18.9. The lowest BCUT2D eigenvalue weighted by Gasteiger charge is -2.14. The van der Waals surface area contributed by atoms with Gasteiger partial charge in [0.2, 0.25) is 5.91 Å². The van der Waals surface area contributed by atoms with Crippen molar-refractivity contribution < 1.29 is 33.4 Å². The molecule has 0 fully saturated rings. The summed E-state index contributed by atoms with van der Waals surface area (Å²) in [7, 11) is 0. The number of phenolic OH excluding ortho intramolecular Hbond substituents is 1. The fraction of sp³-hybridized carbons (Fsp3) is 0.227. The van der Waals surface area contributed by atoms with Gasteiger partial charge in [0.15, 0.2) is 17.4 Å². The standard InChI is InChI=1S/C22H18Cl2F2N2O5/c1-9(21(32)27-6-5-16(29)30)17-10(2)28(15-8-14(25)20(31)19(26)18(15)17)22(33)11-3-4-12(23)13(24)7-11/h3-4,7-9,31H,5-6H2,1-2H3,(H,27,32)(H,29,30). The molecule has 1 aromatic heterocycles. The van der Waals surface area contributed by atoms with Crippen LogP contribution in [0.2, 0.25) is 10.0 Å². The first-order valence-corrected chi connectivity index (χ1v) is 10.4. The van der Waals surface area contributed by atoms with Crippen molar-refractivity contribution in [1.29, 1.82) is 0 Å². The first-order valence-electron chi connectivity index (χ1n) is 9.66. The Bertz CT molecular complexity index is 1310. The highest BCUT2D eigenvalue weighted by atomic mass is 35.5. The number of phenols is 1. The van der Waals surface area contributed by atoms with Gasteiger partial charge in [-0.05, 0) is 37.6 Å². The van der Waals surface area contributed by atoms with Crippen LogP contribution in [0.15, 0.2) is 24.3 Å². The first kappa shape index (κ1) is 24.5. The summed E-state index contributed by atoms with van der Waals surface area (Å²) in [6, 6.07) is 4.88. The molecular formula is C22H18Cl2F2N2O5. The molecular weight excluding hydrogens is 481 g/mol. The van der Waals surface area contributed by atoms with Crippen LogP contribution < -0.4 is 5.32 Å².